The van der Waals surface area contributed by atoms with E-state index in [1.807, 2.05) is 0 Å². The van der Waals surface area contributed by atoms with Gasteiger partial charge in [0.1, 0.15) is 5.76 Å². The Morgan fingerprint density at radius 2 is 1.95 bits per heavy atom. The number of hydrogen-bond acceptors (Lipinski definition) is 5. The highest BCUT2D eigenvalue weighted by molar-refractivity contribution is 8.00. The maximum Gasteiger partial charge on any atom is 0.235 e. The number of nitrogens with zero attached hydrogens (tertiary/aromatic N) is 1. The molecule has 0 fully saturated rings. The Labute approximate surface area is 136 Å². The molecule has 2 rings (SSSR count). The van der Waals surface area contributed by atoms with E-state index in [1.165, 1.54) is 11.8 Å². The van der Waals surface area contributed by atoms with Crippen molar-refractivity contribution in [1.29, 1.82) is 0 Å². The third-order valence-electron chi connectivity index (χ3n) is 2.47. The van der Waals surface area contributed by atoms with Crippen LogP contribution in [-0.2, 0) is 9.59 Å². The summed E-state index contributed by atoms with van der Waals surface area (Å²) in [6.07, 6.45) is 0. The highest BCUT2D eigenvalue weighted by atomic mass is 35.5. The van der Waals surface area contributed by atoms with Crippen molar-refractivity contribution in [2.24, 2.45) is 0 Å². The fourth-order valence-electron chi connectivity index (χ4n) is 1.60. The van der Waals surface area contributed by atoms with Crippen LogP contribution in [0.2, 0.25) is 5.02 Å². The van der Waals surface area contributed by atoms with Crippen molar-refractivity contribution < 1.29 is 14.1 Å². The molecule has 0 aliphatic carbocycles. The minimum absolute atomic E-state index is 0.148. The van der Waals surface area contributed by atoms with Crippen LogP contribution in [-0.4, -0.2) is 28.5 Å². The Bertz CT molecular complexity index is 675. The molecule has 1 aromatic carbocycles. The first-order valence-corrected chi connectivity index (χ1v) is 7.92. The van der Waals surface area contributed by atoms with Crippen molar-refractivity contribution in [2.75, 3.05) is 22.1 Å². The number of halogens is 1. The first kappa shape index (κ1) is 16.4. The summed E-state index contributed by atoms with van der Waals surface area (Å²) >= 11 is 7.03. The van der Waals surface area contributed by atoms with Gasteiger partial charge in [0.05, 0.1) is 11.5 Å². The Morgan fingerprint density at radius 3 is 2.59 bits per heavy atom. The standard InChI is InChI=1S/C14H14ClN3O3S/c1-9-5-12(18-21-9)17-14(20)8-22-7-13(19)16-11-4-2-3-10(15)6-11/h2-6H,7-8H2,1H3,(H,16,19)(H,17,18,20). The van der Waals surface area contributed by atoms with Crippen molar-refractivity contribution in [3.05, 3.63) is 41.1 Å². The number of carbonyl (C=O) groups is 2. The Hall–Kier alpha value is -1.99. The van der Waals surface area contributed by atoms with Gasteiger partial charge in [-0.2, -0.15) is 0 Å². The van der Waals surface area contributed by atoms with Crippen molar-refractivity contribution in [3.8, 4) is 0 Å². The second kappa shape index (κ2) is 7.86. The third kappa shape index (κ3) is 5.42. The predicted octanol–water partition coefficient (Wildman–Crippen LogP) is 2.95. The number of nitrogens with one attached hydrogen (secondary N) is 2. The number of aromatic nitrogens is 1. The van der Waals surface area contributed by atoms with E-state index in [-0.39, 0.29) is 23.3 Å². The van der Waals surface area contributed by atoms with E-state index in [0.717, 1.165) is 0 Å². The number of aryl methyl sites for hydroxylation is 1. The first-order valence-electron chi connectivity index (χ1n) is 6.39. The van der Waals surface area contributed by atoms with Crippen LogP contribution in [0.4, 0.5) is 11.5 Å². The number of amides is 2. The van der Waals surface area contributed by atoms with E-state index in [9.17, 15) is 9.59 Å². The first-order chi connectivity index (χ1) is 10.5. The molecule has 22 heavy (non-hydrogen) atoms. The molecule has 0 aliphatic rings. The second-order valence-corrected chi connectivity index (χ2v) is 5.84. The average molecular weight is 340 g/mol. The van der Waals surface area contributed by atoms with E-state index in [4.69, 9.17) is 16.1 Å². The zero-order valence-corrected chi connectivity index (χ0v) is 13.3. The molecule has 0 radical (unpaired) electrons. The summed E-state index contributed by atoms with van der Waals surface area (Å²) in [5, 5.41) is 9.49. The van der Waals surface area contributed by atoms with Gasteiger partial charge in [-0.1, -0.05) is 22.8 Å². The van der Waals surface area contributed by atoms with Crippen LogP contribution in [0.25, 0.3) is 0 Å². The molecule has 0 unspecified atom stereocenters. The summed E-state index contributed by atoms with van der Waals surface area (Å²) in [5.74, 6) is 0.855. The normalized spacial score (nSPS) is 10.3. The topological polar surface area (TPSA) is 84.2 Å². The summed E-state index contributed by atoms with van der Waals surface area (Å²) < 4.78 is 4.84. The highest BCUT2D eigenvalue weighted by Crippen LogP contribution is 2.15. The van der Waals surface area contributed by atoms with Gasteiger partial charge in [0.15, 0.2) is 5.82 Å². The quantitative estimate of drug-likeness (QED) is 0.845. The molecule has 6 nitrogen and oxygen atoms in total. The maximum atomic E-state index is 11.7. The minimum atomic E-state index is -0.242. The SMILES string of the molecule is Cc1cc(NC(=O)CSCC(=O)Nc2cccc(Cl)c2)no1. The van der Waals surface area contributed by atoms with Gasteiger partial charge in [0, 0.05) is 16.8 Å². The molecule has 0 atom stereocenters. The van der Waals surface area contributed by atoms with Crippen molar-refractivity contribution in [2.45, 2.75) is 6.92 Å². The molecule has 0 bridgehead atoms. The lowest BCUT2D eigenvalue weighted by molar-refractivity contribution is -0.114. The van der Waals surface area contributed by atoms with Gasteiger partial charge in [0.2, 0.25) is 11.8 Å². The van der Waals surface area contributed by atoms with Crippen LogP contribution in [0.5, 0.6) is 0 Å². The fraction of sp³-hybridized carbons (Fsp3) is 0.214. The lowest BCUT2D eigenvalue weighted by Gasteiger charge is -2.05. The smallest absolute Gasteiger partial charge is 0.235 e. The molecule has 116 valence electrons. The van der Waals surface area contributed by atoms with Crippen LogP contribution in [0, 0.1) is 6.92 Å². The van der Waals surface area contributed by atoms with Gasteiger partial charge in [-0.3, -0.25) is 9.59 Å². The molecule has 2 aromatic rings. The van der Waals surface area contributed by atoms with Crippen LogP contribution in [0.1, 0.15) is 5.76 Å². The molecule has 2 amide bonds. The Kier molecular flexibility index (Phi) is 5.85. The molecule has 0 spiro atoms. The zero-order chi connectivity index (χ0) is 15.9. The Morgan fingerprint density at radius 1 is 1.23 bits per heavy atom. The monoisotopic (exact) mass is 339 g/mol. The summed E-state index contributed by atoms with van der Waals surface area (Å²) in [5.41, 5.74) is 0.626. The number of anilines is 2. The van der Waals surface area contributed by atoms with Gasteiger partial charge in [0.25, 0.3) is 0 Å². The number of benzene rings is 1. The molecule has 0 saturated carbocycles. The minimum Gasteiger partial charge on any atom is -0.360 e. The van der Waals surface area contributed by atoms with Crippen LogP contribution in [0.3, 0.4) is 0 Å². The molecule has 8 heteroatoms. The molecule has 0 aliphatic heterocycles. The van der Waals surface area contributed by atoms with Gasteiger partial charge >= 0.3 is 0 Å². The molecule has 2 N–H and O–H groups in total. The number of hydrogen-bond donors (Lipinski definition) is 2. The lowest BCUT2D eigenvalue weighted by atomic mass is 10.3. The Balaban J connectivity index is 1.69. The van der Waals surface area contributed by atoms with Gasteiger partial charge in [-0.05, 0) is 25.1 Å². The van der Waals surface area contributed by atoms with E-state index < -0.39 is 0 Å². The van der Waals surface area contributed by atoms with Gasteiger partial charge in [-0.25, -0.2) is 0 Å². The van der Waals surface area contributed by atoms with Crippen LogP contribution < -0.4 is 10.6 Å². The second-order valence-electron chi connectivity index (χ2n) is 4.42. The average Bonchev–Trinajstić information content (AvgIpc) is 2.84. The summed E-state index contributed by atoms with van der Waals surface area (Å²) in [6, 6.07) is 8.49. The van der Waals surface area contributed by atoms with Crippen molar-refractivity contribution in [3.63, 3.8) is 0 Å². The van der Waals surface area contributed by atoms with E-state index in [1.54, 1.807) is 37.3 Å². The third-order valence-corrected chi connectivity index (χ3v) is 3.64. The number of rotatable bonds is 6. The van der Waals surface area contributed by atoms with Gasteiger partial charge in [-0.15, -0.1) is 11.8 Å². The predicted molar refractivity (Wildman–Crippen MR) is 87.3 cm³/mol. The largest absolute Gasteiger partial charge is 0.360 e. The molecule has 1 heterocycles. The summed E-state index contributed by atoms with van der Waals surface area (Å²) in [4.78, 5) is 23.4. The van der Waals surface area contributed by atoms with Crippen LogP contribution in [0.15, 0.2) is 34.9 Å². The van der Waals surface area contributed by atoms with Gasteiger partial charge < -0.3 is 15.2 Å². The molecular formula is C14H14ClN3O3S. The van der Waals surface area contributed by atoms with Crippen LogP contribution >= 0.6 is 23.4 Å². The molecule has 1 aromatic heterocycles. The van der Waals surface area contributed by atoms with Crippen molar-refractivity contribution >= 4 is 46.7 Å². The maximum absolute atomic E-state index is 11.7. The lowest BCUT2D eigenvalue weighted by Crippen LogP contribution is -2.18. The van der Waals surface area contributed by atoms with E-state index in [0.29, 0.717) is 22.3 Å². The highest BCUT2D eigenvalue weighted by Gasteiger charge is 2.08. The van der Waals surface area contributed by atoms with E-state index in [2.05, 4.69) is 15.8 Å². The van der Waals surface area contributed by atoms with E-state index >= 15 is 0 Å². The number of thioether (sulfide) groups is 1. The zero-order valence-electron chi connectivity index (χ0n) is 11.8. The summed E-state index contributed by atoms with van der Waals surface area (Å²) in [6.45, 7) is 1.73. The van der Waals surface area contributed by atoms with Crippen molar-refractivity contribution in [1.82, 2.24) is 5.16 Å². The molecule has 0 saturated heterocycles. The summed E-state index contributed by atoms with van der Waals surface area (Å²) in [7, 11) is 0. The number of carbonyl (C=O) groups excluding carboxylic acids is 2. The fourth-order valence-corrected chi connectivity index (χ4v) is 2.41. The molecular weight excluding hydrogens is 326 g/mol.